The third-order valence-electron chi connectivity index (χ3n) is 4.28. The molecule has 2 unspecified atom stereocenters. The van der Waals surface area contributed by atoms with E-state index in [1.807, 2.05) is 30.3 Å². The first-order chi connectivity index (χ1) is 10.6. The molecular weight excluding hydrogens is 282 g/mol. The summed E-state index contributed by atoms with van der Waals surface area (Å²) in [6, 6.07) is 9.61. The molecule has 1 N–H and O–H groups in total. The molecule has 1 saturated heterocycles. The number of likely N-dealkylation sites (tertiary alicyclic amines) is 1. The standard InChI is InChI=1S/C17H23NO4/c1-13-11-18(10-9-15(13)7-8-16(19)20)17(21)22-12-14-5-3-2-4-6-14/h2-6,13,15H,7-12H2,1H3,(H,19,20). The summed E-state index contributed by atoms with van der Waals surface area (Å²) in [5.41, 5.74) is 0.972. The van der Waals surface area contributed by atoms with Gasteiger partial charge in [0.1, 0.15) is 6.61 Å². The zero-order chi connectivity index (χ0) is 15.9. The van der Waals surface area contributed by atoms with Crippen LogP contribution < -0.4 is 0 Å². The summed E-state index contributed by atoms with van der Waals surface area (Å²) in [7, 11) is 0. The number of nitrogens with zero attached hydrogens (tertiary/aromatic N) is 1. The lowest BCUT2D eigenvalue weighted by Crippen LogP contribution is -2.43. The SMILES string of the molecule is CC1CN(C(=O)OCc2ccccc2)CCC1CCC(=O)O. The van der Waals surface area contributed by atoms with Crippen LogP contribution in [0.4, 0.5) is 4.79 Å². The molecule has 1 aliphatic heterocycles. The number of carbonyl (C=O) groups is 2. The van der Waals surface area contributed by atoms with Crippen LogP contribution >= 0.6 is 0 Å². The first-order valence-electron chi connectivity index (χ1n) is 7.73. The number of aliphatic carboxylic acids is 1. The van der Waals surface area contributed by atoms with Crippen molar-refractivity contribution in [2.45, 2.75) is 32.8 Å². The Kier molecular flexibility index (Phi) is 5.81. The zero-order valence-electron chi connectivity index (χ0n) is 12.9. The Morgan fingerprint density at radius 3 is 2.68 bits per heavy atom. The summed E-state index contributed by atoms with van der Waals surface area (Å²) in [5.74, 6) is -0.0800. The van der Waals surface area contributed by atoms with E-state index in [1.54, 1.807) is 4.90 Å². The smallest absolute Gasteiger partial charge is 0.410 e. The summed E-state index contributed by atoms with van der Waals surface area (Å²) in [4.78, 5) is 24.5. The molecule has 0 aromatic heterocycles. The fourth-order valence-corrected chi connectivity index (χ4v) is 2.91. The molecule has 1 amide bonds. The van der Waals surface area contributed by atoms with E-state index >= 15 is 0 Å². The van der Waals surface area contributed by atoms with E-state index < -0.39 is 5.97 Å². The van der Waals surface area contributed by atoms with Crippen molar-refractivity contribution in [2.75, 3.05) is 13.1 Å². The second-order valence-electron chi connectivity index (χ2n) is 5.94. The predicted octanol–water partition coefficient (Wildman–Crippen LogP) is 3.15. The third kappa shape index (κ3) is 4.76. The normalized spacial score (nSPS) is 21.4. The van der Waals surface area contributed by atoms with Crippen LogP contribution in [0.15, 0.2) is 30.3 Å². The lowest BCUT2D eigenvalue weighted by Gasteiger charge is -2.36. The average Bonchev–Trinajstić information content (AvgIpc) is 2.52. The van der Waals surface area contributed by atoms with Crippen LogP contribution in [0.5, 0.6) is 0 Å². The predicted molar refractivity (Wildman–Crippen MR) is 82.3 cm³/mol. The van der Waals surface area contributed by atoms with Crippen molar-refractivity contribution in [1.29, 1.82) is 0 Å². The van der Waals surface area contributed by atoms with Crippen LogP contribution in [0, 0.1) is 11.8 Å². The summed E-state index contributed by atoms with van der Waals surface area (Å²) in [5, 5.41) is 8.76. The third-order valence-corrected chi connectivity index (χ3v) is 4.28. The number of rotatable bonds is 5. The molecule has 2 rings (SSSR count). The number of ether oxygens (including phenoxy) is 1. The van der Waals surface area contributed by atoms with Gasteiger partial charge in [-0.3, -0.25) is 4.79 Å². The van der Waals surface area contributed by atoms with Gasteiger partial charge in [0.05, 0.1) is 0 Å². The van der Waals surface area contributed by atoms with Gasteiger partial charge in [0.25, 0.3) is 0 Å². The van der Waals surface area contributed by atoms with Crippen LogP contribution in [0.25, 0.3) is 0 Å². The van der Waals surface area contributed by atoms with Crippen molar-refractivity contribution in [1.82, 2.24) is 4.90 Å². The van der Waals surface area contributed by atoms with Crippen LogP contribution in [-0.4, -0.2) is 35.2 Å². The first-order valence-corrected chi connectivity index (χ1v) is 7.73. The van der Waals surface area contributed by atoms with Crippen molar-refractivity contribution in [3.05, 3.63) is 35.9 Å². The molecule has 1 fully saturated rings. The maximum atomic E-state index is 12.1. The summed E-state index contributed by atoms with van der Waals surface area (Å²) < 4.78 is 5.34. The molecule has 1 aromatic rings. The number of carboxylic acids is 1. The molecule has 1 heterocycles. The topological polar surface area (TPSA) is 66.8 Å². The number of piperidine rings is 1. The Labute approximate surface area is 130 Å². The molecule has 0 saturated carbocycles. The largest absolute Gasteiger partial charge is 0.481 e. The van der Waals surface area contributed by atoms with Crippen LogP contribution in [-0.2, 0) is 16.1 Å². The molecule has 22 heavy (non-hydrogen) atoms. The van der Waals surface area contributed by atoms with Crippen molar-refractivity contribution in [3.8, 4) is 0 Å². The van der Waals surface area contributed by atoms with Gasteiger partial charge in [0.2, 0.25) is 0 Å². The minimum atomic E-state index is -0.753. The molecule has 1 aliphatic rings. The fourth-order valence-electron chi connectivity index (χ4n) is 2.91. The minimum Gasteiger partial charge on any atom is -0.481 e. The average molecular weight is 305 g/mol. The Morgan fingerprint density at radius 1 is 1.32 bits per heavy atom. The van der Waals surface area contributed by atoms with Gasteiger partial charge in [-0.25, -0.2) is 4.79 Å². The molecule has 0 aliphatic carbocycles. The van der Waals surface area contributed by atoms with E-state index in [0.29, 0.717) is 31.3 Å². The molecule has 5 nitrogen and oxygen atoms in total. The Morgan fingerprint density at radius 2 is 2.05 bits per heavy atom. The van der Waals surface area contributed by atoms with E-state index in [2.05, 4.69) is 6.92 Å². The highest BCUT2D eigenvalue weighted by atomic mass is 16.6. The lowest BCUT2D eigenvalue weighted by atomic mass is 9.84. The summed E-state index contributed by atoms with van der Waals surface area (Å²) >= 11 is 0. The van der Waals surface area contributed by atoms with Crippen molar-refractivity contribution in [2.24, 2.45) is 11.8 Å². The van der Waals surface area contributed by atoms with Crippen molar-refractivity contribution in [3.63, 3.8) is 0 Å². The number of hydrogen-bond acceptors (Lipinski definition) is 3. The van der Waals surface area contributed by atoms with Crippen molar-refractivity contribution < 1.29 is 19.4 Å². The van der Waals surface area contributed by atoms with E-state index in [0.717, 1.165) is 12.0 Å². The van der Waals surface area contributed by atoms with Gasteiger partial charge in [0.15, 0.2) is 0 Å². The number of benzene rings is 1. The van der Waals surface area contributed by atoms with Gasteiger partial charge < -0.3 is 14.7 Å². The second kappa shape index (κ2) is 7.82. The van der Waals surface area contributed by atoms with E-state index in [1.165, 1.54) is 0 Å². The second-order valence-corrected chi connectivity index (χ2v) is 5.94. The Hall–Kier alpha value is -2.04. The molecule has 5 heteroatoms. The van der Waals surface area contributed by atoms with Gasteiger partial charge in [-0.2, -0.15) is 0 Å². The number of carbonyl (C=O) groups excluding carboxylic acids is 1. The molecular formula is C17H23NO4. The summed E-state index contributed by atoms with van der Waals surface area (Å²) in [6.45, 7) is 3.64. The number of amides is 1. The van der Waals surface area contributed by atoms with Gasteiger partial charge in [0, 0.05) is 19.5 Å². The van der Waals surface area contributed by atoms with Gasteiger partial charge in [-0.15, -0.1) is 0 Å². The fraction of sp³-hybridized carbons (Fsp3) is 0.529. The van der Waals surface area contributed by atoms with Gasteiger partial charge in [-0.1, -0.05) is 37.3 Å². The Balaban J connectivity index is 1.77. The van der Waals surface area contributed by atoms with Gasteiger partial charge >= 0.3 is 12.1 Å². The maximum absolute atomic E-state index is 12.1. The zero-order valence-corrected chi connectivity index (χ0v) is 12.9. The highest BCUT2D eigenvalue weighted by Gasteiger charge is 2.29. The molecule has 120 valence electrons. The number of hydrogen-bond donors (Lipinski definition) is 1. The molecule has 0 spiro atoms. The van der Waals surface area contributed by atoms with Crippen LogP contribution in [0.1, 0.15) is 31.7 Å². The van der Waals surface area contributed by atoms with E-state index in [4.69, 9.17) is 9.84 Å². The molecule has 2 atom stereocenters. The maximum Gasteiger partial charge on any atom is 0.410 e. The monoisotopic (exact) mass is 305 g/mol. The summed E-state index contributed by atoms with van der Waals surface area (Å²) in [6.07, 6.45) is 1.44. The van der Waals surface area contributed by atoms with E-state index in [-0.39, 0.29) is 19.1 Å². The van der Waals surface area contributed by atoms with Crippen LogP contribution in [0.2, 0.25) is 0 Å². The minimum absolute atomic E-state index is 0.202. The highest BCUT2D eigenvalue weighted by molar-refractivity contribution is 5.68. The quantitative estimate of drug-likeness (QED) is 0.907. The van der Waals surface area contributed by atoms with Gasteiger partial charge in [-0.05, 0) is 30.2 Å². The highest BCUT2D eigenvalue weighted by Crippen LogP contribution is 2.27. The molecule has 0 bridgehead atoms. The Bertz CT molecular complexity index is 503. The molecule has 1 aromatic carbocycles. The first kappa shape index (κ1) is 16.3. The lowest BCUT2D eigenvalue weighted by molar-refractivity contribution is -0.137. The van der Waals surface area contributed by atoms with Crippen LogP contribution in [0.3, 0.4) is 0 Å². The van der Waals surface area contributed by atoms with Crippen molar-refractivity contribution >= 4 is 12.1 Å². The number of carboxylic acid groups (broad SMARTS) is 1. The molecule has 0 radical (unpaired) electrons. The van der Waals surface area contributed by atoms with E-state index in [9.17, 15) is 9.59 Å².